The Kier molecular flexibility index (Phi) is 5.97. The summed E-state index contributed by atoms with van der Waals surface area (Å²) in [6, 6.07) is 22.6. The molecule has 0 fully saturated rings. The molecule has 0 radical (unpaired) electrons. The molecular weight excluding hydrogens is 501 g/mol. The SMILES string of the molecule is O=C1OC(c2ccc(I)cc2)=N/C1=C\c1cccc(OCc2ccccc2Cl)c1. The van der Waals surface area contributed by atoms with Gasteiger partial charge in [-0.2, -0.15) is 0 Å². The van der Waals surface area contributed by atoms with Gasteiger partial charge in [0.15, 0.2) is 5.70 Å². The van der Waals surface area contributed by atoms with E-state index in [0.717, 1.165) is 20.3 Å². The highest BCUT2D eigenvalue weighted by atomic mass is 127. The monoisotopic (exact) mass is 515 g/mol. The number of aliphatic imine (C=N–C) groups is 1. The van der Waals surface area contributed by atoms with Gasteiger partial charge in [0.25, 0.3) is 0 Å². The van der Waals surface area contributed by atoms with Crippen LogP contribution in [0.1, 0.15) is 16.7 Å². The lowest BCUT2D eigenvalue weighted by atomic mass is 10.2. The van der Waals surface area contributed by atoms with Crippen LogP contribution in [0.4, 0.5) is 0 Å². The van der Waals surface area contributed by atoms with E-state index in [1.165, 1.54) is 0 Å². The maximum absolute atomic E-state index is 12.2. The van der Waals surface area contributed by atoms with Gasteiger partial charge < -0.3 is 9.47 Å². The van der Waals surface area contributed by atoms with Crippen LogP contribution in [-0.2, 0) is 16.1 Å². The van der Waals surface area contributed by atoms with Crippen LogP contribution >= 0.6 is 34.2 Å². The number of benzene rings is 3. The van der Waals surface area contributed by atoms with Crippen molar-refractivity contribution in [3.63, 3.8) is 0 Å². The predicted molar refractivity (Wildman–Crippen MR) is 122 cm³/mol. The van der Waals surface area contributed by atoms with Crippen LogP contribution in [0.25, 0.3) is 6.08 Å². The van der Waals surface area contributed by atoms with Crippen molar-refractivity contribution in [1.29, 1.82) is 0 Å². The molecule has 3 aromatic rings. The summed E-state index contributed by atoms with van der Waals surface area (Å²) in [5.41, 5.74) is 2.71. The average molecular weight is 516 g/mol. The Hall–Kier alpha value is -2.64. The third-order valence-electron chi connectivity index (χ3n) is 4.23. The summed E-state index contributed by atoms with van der Waals surface area (Å²) in [5, 5.41) is 0.664. The Morgan fingerprint density at radius 1 is 1.03 bits per heavy atom. The summed E-state index contributed by atoms with van der Waals surface area (Å²) in [6.07, 6.45) is 1.68. The van der Waals surface area contributed by atoms with Crippen molar-refractivity contribution in [2.45, 2.75) is 6.61 Å². The second-order valence-corrected chi connectivity index (χ2v) is 7.95. The van der Waals surface area contributed by atoms with Gasteiger partial charge in [0.2, 0.25) is 5.90 Å². The number of rotatable bonds is 5. The Morgan fingerprint density at radius 2 is 1.83 bits per heavy atom. The zero-order chi connectivity index (χ0) is 20.2. The summed E-state index contributed by atoms with van der Waals surface area (Å²) in [4.78, 5) is 16.6. The zero-order valence-electron chi connectivity index (χ0n) is 15.1. The third-order valence-corrected chi connectivity index (χ3v) is 5.31. The quantitative estimate of drug-likeness (QED) is 0.243. The van der Waals surface area contributed by atoms with Gasteiger partial charge in [0, 0.05) is 19.7 Å². The van der Waals surface area contributed by atoms with E-state index < -0.39 is 5.97 Å². The molecule has 0 atom stereocenters. The number of cyclic esters (lactones) is 1. The van der Waals surface area contributed by atoms with E-state index in [4.69, 9.17) is 21.1 Å². The van der Waals surface area contributed by atoms with Crippen molar-refractivity contribution < 1.29 is 14.3 Å². The summed E-state index contributed by atoms with van der Waals surface area (Å²) >= 11 is 8.39. The zero-order valence-corrected chi connectivity index (χ0v) is 18.1. The fraction of sp³-hybridized carbons (Fsp3) is 0.0435. The van der Waals surface area contributed by atoms with Gasteiger partial charge in [0.1, 0.15) is 12.4 Å². The van der Waals surface area contributed by atoms with Crippen molar-refractivity contribution in [3.8, 4) is 5.75 Å². The lowest BCUT2D eigenvalue weighted by Gasteiger charge is -2.08. The molecule has 0 N–H and O–H groups in total. The van der Waals surface area contributed by atoms with Crippen LogP contribution in [0.15, 0.2) is 83.5 Å². The Morgan fingerprint density at radius 3 is 2.62 bits per heavy atom. The van der Waals surface area contributed by atoms with Crippen LogP contribution < -0.4 is 4.74 Å². The molecule has 0 spiro atoms. The topological polar surface area (TPSA) is 47.9 Å². The van der Waals surface area contributed by atoms with Gasteiger partial charge in [-0.05, 0) is 76.7 Å². The number of hydrogen-bond donors (Lipinski definition) is 0. The van der Waals surface area contributed by atoms with E-state index in [1.54, 1.807) is 6.08 Å². The highest BCUT2D eigenvalue weighted by molar-refractivity contribution is 14.1. The minimum absolute atomic E-state index is 0.252. The summed E-state index contributed by atoms with van der Waals surface area (Å²) in [5.74, 6) is 0.511. The van der Waals surface area contributed by atoms with Gasteiger partial charge in [-0.1, -0.05) is 41.9 Å². The van der Waals surface area contributed by atoms with E-state index in [9.17, 15) is 4.79 Å². The van der Waals surface area contributed by atoms with E-state index in [-0.39, 0.29) is 5.70 Å². The summed E-state index contributed by atoms with van der Waals surface area (Å²) < 4.78 is 12.3. The maximum atomic E-state index is 12.2. The number of nitrogens with zero attached hydrogens (tertiary/aromatic N) is 1. The van der Waals surface area contributed by atoms with Crippen molar-refractivity contribution in [1.82, 2.24) is 0 Å². The normalized spacial score (nSPS) is 14.6. The molecule has 0 saturated carbocycles. The Balaban J connectivity index is 1.52. The van der Waals surface area contributed by atoms with Gasteiger partial charge in [0.05, 0.1) is 0 Å². The summed E-state index contributed by atoms with van der Waals surface area (Å²) in [7, 11) is 0. The molecule has 6 heteroatoms. The first-order valence-electron chi connectivity index (χ1n) is 8.83. The molecule has 0 unspecified atom stereocenters. The summed E-state index contributed by atoms with van der Waals surface area (Å²) in [6.45, 7) is 0.358. The first-order chi connectivity index (χ1) is 14.1. The van der Waals surface area contributed by atoms with Crippen molar-refractivity contribution >= 4 is 52.1 Å². The van der Waals surface area contributed by atoms with Crippen molar-refractivity contribution in [3.05, 3.63) is 104 Å². The van der Waals surface area contributed by atoms with Crippen molar-refractivity contribution in [2.24, 2.45) is 4.99 Å². The average Bonchev–Trinajstić information content (AvgIpc) is 3.08. The standard InChI is InChI=1S/C23H15ClINO3/c24-20-7-2-1-5-17(20)14-28-19-6-3-4-15(12-19)13-21-23(27)29-22(26-21)16-8-10-18(25)11-9-16/h1-13H,14H2/b21-13-. The maximum Gasteiger partial charge on any atom is 0.363 e. The number of hydrogen-bond acceptors (Lipinski definition) is 4. The van der Waals surface area contributed by atoms with Crippen molar-refractivity contribution in [2.75, 3.05) is 0 Å². The van der Waals surface area contributed by atoms with Crippen LogP contribution in [0.3, 0.4) is 0 Å². The molecule has 0 saturated heterocycles. The molecule has 29 heavy (non-hydrogen) atoms. The molecule has 3 aromatic carbocycles. The van der Waals surface area contributed by atoms with Crippen LogP contribution in [0.5, 0.6) is 5.75 Å². The number of halogens is 2. The Bertz CT molecular complexity index is 1120. The van der Waals surface area contributed by atoms with E-state index in [2.05, 4.69) is 27.6 Å². The van der Waals surface area contributed by atoms with Gasteiger partial charge in [-0.3, -0.25) is 0 Å². The molecule has 0 bridgehead atoms. The van der Waals surface area contributed by atoms with Crippen LogP contribution in [0.2, 0.25) is 5.02 Å². The molecule has 1 aliphatic rings. The molecule has 1 heterocycles. The number of carbonyl (C=O) groups is 1. The van der Waals surface area contributed by atoms with Crippen LogP contribution in [0, 0.1) is 3.57 Å². The molecule has 0 aliphatic carbocycles. The molecule has 1 aliphatic heterocycles. The second kappa shape index (κ2) is 8.80. The fourth-order valence-electron chi connectivity index (χ4n) is 2.75. The highest BCUT2D eigenvalue weighted by Gasteiger charge is 2.24. The highest BCUT2D eigenvalue weighted by Crippen LogP contribution is 2.23. The first-order valence-corrected chi connectivity index (χ1v) is 10.3. The van der Waals surface area contributed by atoms with Crippen LogP contribution in [-0.4, -0.2) is 11.9 Å². The van der Waals surface area contributed by atoms with Gasteiger partial charge in [-0.25, -0.2) is 9.79 Å². The smallest absolute Gasteiger partial charge is 0.363 e. The first kappa shape index (κ1) is 19.7. The molecule has 0 aromatic heterocycles. The molecular formula is C23H15ClINO3. The largest absolute Gasteiger partial charge is 0.489 e. The molecule has 4 nitrogen and oxygen atoms in total. The lowest BCUT2D eigenvalue weighted by Crippen LogP contribution is -2.05. The number of ether oxygens (including phenoxy) is 2. The minimum Gasteiger partial charge on any atom is -0.489 e. The van der Waals surface area contributed by atoms with E-state index in [0.29, 0.717) is 23.3 Å². The number of carbonyl (C=O) groups excluding carboxylic acids is 1. The molecule has 144 valence electrons. The number of esters is 1. The minimum atomic E-state index is -0.471. The van der Waals surface area contributed by atoms with Gasteiger partial charge in [-0.15, -0.1) is 0 Å². The Labute approximate surface area is 187 Å². The van der Waals surface area contributed by atoms with Gasteiger partial charge >= 0.3 is 5.97 Å². The molecule has 4 rings (SSSR count). The predicted octanol–water partition coefficient (Wildman–Crippen LogP) is 5.87. The fourth-order valence-corrected chi connectivity index (χ4v) is 3.30. The second-order valence-electron chi connectivity index (χ2n) is 6.30. The molecule has 0 amide bonds. The van der Waals surface area contributed by atoms with E-state index in [1.807, 2.05) is 72.8 Å². The van der Waals surface area contributed by atoms with E-state index >= 15 is 0 Å². The lowest BCUT2D eigenvalue weighted by molar-refractivity contribution is -0.129. The third kappa shape index (κ3) is 4.86.